The highest BCUT2D eigenvalue weighted by molar-refractivity contribution is 9.10. The van der Waals surface area contributed by atoms with Crippen molar-refractivity contribution in [2.24, 2.45) is 5.16 Å². The number of ether oxygens (including phenoxy) is 1. The summed E-state index contributed by atoms with van der Waals surface area (Å²) in [5, 5.41) is 11.4. The molecule has 1 N–H and O–H groups in total. The molecule has 0 aliphatic carbocycles. The molecule has 0 unspecified atom stereocenters. The summed E-state index contributed by atoms with van der Waals surface area (Å²) in [7, 11) is 0. The van der Waals surface area contributed by atoms with E-state index in [1.807, 2.05) is 0 Å². The fraction of sp³-hybridized carbons (Fsp3) is 0.0714. The predicted octanol–water partition coefficient (Wildman–Crippen LogP) is 3.98. The van der Waals surface area contributed by atoms with Crippen LogP contribution in [0.5, 0.6) is 5.75 Å². The molecule has 19 heavy (non-hydrogen) atoms. The maximum atomic E-state index is 13.4. The van der Waals surface area contributed by atoms with Crippen LogP contribution >= 0.6 is 15.9 Å². The Morgan fingerprint density at radius 2 is 2.05 bits per heavy atom. The van der Waals surface area contributed by atoms with Crippen molar-refractivity contribution < 1.29 is 14.3 Å². The van der Waals surface area contributed by atoms with Gasteiger partial charge in [-0.25, -0.2) is 4.39 Å². The Kier molecular flexibility index (Phi) is 4.52. The van der Waals surface area contributed by atoms with Crippen LogP contribution in [0.3, 0.4) is 0 Å². The molecule has 0 saturated carbocycles. The lowest BCUT2D eigenvalue weighted by molar-refractivity contribution is 0.298. The van der Waals surface area contributed by atoms with Gasteiger partial charge < -0.3 is 9.94 Å². The van der Waals surface area contributed by atoms with Crippen molar-refractivity contribution in [2.45, 2.75) is 6.61 Å². The summed E-state index contributed by atoms with van der Waals surface area (Å²) in [5.41, 5.74) is 1.23. The lowest BCUT2D eigenvalue weighted by Gasteiger charge is -2.09. The second kappa shape index (κ2) is 6.33. The van der Waals surface area contributed by atoms with Crippen LogP contribution in [0.1, 0.15) is 11.1 Å². The van der Waals surface area contributed by atoms with Crippen LogP contribution in [0, 0.1) is 5.82 Å². The Labute approximate surface area is 118 Å². The highest BCUT2D eigenvalue weighted by atomic mass is 79.9. The van der Waals surface area contributed by atoms with Crippen LogP contribution in [0.15, 0.2) is 52.1 Å². The van der Waals surface area contributed by atoms with E-state index in [-0.39, 0.29) is 12.4 Å². The van der Waals surface area contributed by atoms with E-state index in [2.05, 4.69) is 21.1 Å². The third kappa shape index (κ3) is 3.54. The van der Waals surface area contributed by atoms with Crippen molar-refractivity contribution in [3.8, 4) is 5.75 Å². The molecule has 98 valence electrons. The van der Waals surface area contributed by atoms with E-state index in [4.69, 9.17) is 9.94 Å². The molecule has 0 saturated heterocycles. The lowest BCUT2D eigenvalue weighted by Crippen LogP contribution is -1.99. The van der Waals surface area contributed by atoms with Gasteiger partial charge in [0.2, 0.25) is 0 Å². The Bertz CT molecular complexity index is 602. The molecule has 5 heteroatoms. The number of hydrogen-bond donors (Lipinski definition) is 1. The molecule has 2 aromatic carbocycles. The van der Waals surface area contributed by atoms with Crippen LogP contribution in [-0.4, -0.2) is 11.4 Å². The second-order valence-electron chi connectivity index (χ2n) is 3.81. The quantitative estimate of drug-likeness (QED) is 0.525. The van der Waals surface area contributed by atoms with E-state index in [1.54, 1.807) is 36.4 Å². The molecule has 0 aromatic heterocycles. The highest BCUT2D eigenvalue weighted by Gasteiger charge is 2.05. The molecule has 0 aliphatic heterocycles. The van der Waals surface area contributed by atoms with Gasteiger partial charge >= 0.3 is 0 Å². The minimum atomic E-state index is -0.289. The second-order valence-corrected chi connectivity index (χ2v) is 4.67. The number of halogens is 2. The van der Waals surface area contributed by atoms with Crippen molar-refractivity contribution in [3.05, 3.63) is 63.9 Å². The Morgan fingerprint density at radius 1 is 1.26 bits per heavy atom. The van der Waals surface area contributed by atoms with Crippen molar-refractivity contribution in [3.63, 3.8) is 0 Å². The number of benzene rings is 2. The molecule has 0 spiro atoms. The van der Waals surface area contributed by atoms with Crippen LogP contribution in [0.4, 0.5) is 4.39 Å². The standard InChI is InChI=1S/C14H11BrFNO2/c15-12-7-10(8-17-18)5-6-14(12)19-9-11-3-1-2-4-13(11)16/h1-8,18H,9H2. The molecule has 0 heterocycles. The molecule has 0 radical (unpaired) electrons. The molecule has 0 bridgehead atoms. The summed E-state index contributed by atoms with van der Waals surface area (Å²) < 4.78 is 19.7. The van der Waals surface area contributed by atoms with Crippen LogP contribution < -0.4 is 4.74 Å². The van der Waals surface area contributed by atoms with E-state index < -0.39 is 0 Å². The normalized spacial score (nSPS) is 10.8. The summed E-state index contributed by atoms with van der Waals surface area (Å²) in [6.45, 7) is 0.151. The Hall–Kier alpha value is -1.88. The molecule has 2 aromatic rings. The zero-order valence-corrected chi connectivity index (χ0v) is 11.5. The SMILES string of the molecule is ON=Cc1ccc(OCc2ccccc2F)c(Br)c1. The monoisotopic (exact) mass is 323 g/mol. The third-order valence-corrected chi connectivity index (χ3v) is 3.12. The van der Waals surface area contributed by atoms with E-state index in [0.717, 1.165) is 5.56 Å². The average Bonchev–Trinajstić information content (AvgIpc) is 2.40. The number of rotatable bonds is 4. The van der Waals surface area contributed by atoms with Gasteiger partial charge in [0, 0.05) is 5.56 Å². The zero-order valence-electron chi connectivity index (χ0n) is 9.88. The Morgan fingerprint density at radius 3 is 2.74 bits per heavy atom. The van der Waals surface area contributed by atoms with Gasteiger partial charge in [-0.05, 0) is 45.8 Å². The minimum Gasteiger partial charge on any atom is -0.488 e. The molecule has 3 nitrogen and oxygen atoms in total. The van der Waals surface area contributed by atoms with Gasteiger partial charge in [-0.1, -0.05) is 23.4 Å². The summed E-state index contributed by atoms with van der Waals surface area (Å²) in [6.07, 6.45) is 1.31. The number of oxime groups is 1. The first-order valence-electron chi connectivity index (χ1n) is 5.54. The van der Waals surface area contributed by atoms with E-state index in [9.17, 15) is 4.39 Å². The molecule has 0 fully saturated rings. The average molecular weight is 324 g/mol. The summed E-state index contributed by atoms with van der Waals surface area (Å²) in [5.74, 6) is 0.306. The van der Waals surface area contributed by atoms with E-state index in [1.165, 1.54) is 12.3 Å². The van der Waals surface area contributed by atoms with Gasteiger partial charge in [-0.2, -0.15) is 0 Å². The topological polar surface area (TPSA) is 41.8 Å². The first-order valence-corrected chi connectivity index (χ1v) is 6.33. The minimum absolute atomic E-state index is 0.151. The maximum absolute atomic E-state index is 13.4. The fourth-order valence-electron chi connectivity index (χ4n) is 1.55. The first-order chi connectivity index (χ1) is 9.20. The first kappa shape index (κ1) is 13.5. The van der Waals surface area contributed by atoms with Crippen LogP contribution in [-0.2, 0) is 6.61 Å². The largest absolute Gasteiger partial charge is 0.488 e. The lowest BCUT2D eigenvalue weighted by atomic mass is 10.2. The molecular formula is C14H11BrFNO2. The van der Waals surface area contributed by atoms with E-state index in [0.29, 0.717) is 15.8 Å². The van der Waals surface area contributed by atoms with Crippen molar-refractivity contribution in [1.82, 2.24) is 0 Å². The molecule has 0 atom stereocenters. The molecule has 0 amide bonds. The van der Waals surface area contributed by atoms with Gasteiger partial charge in [-0.15, -0.1) is 0 Å². The van der Waals surface area contributed by atoms with Crippen molar-refractivity contribution >= 4 is 22.1 Å². The van der Waals surface area contributed by atoms with Gasteiger partial charge in [-0.3, -0.25) is 0 Å². The van der Waals surface area contributed by atoms with E-state index >= 15 is 0 Å². The van der Waals surface area contributed by atoms with Crippen molar-refractivity contribution in [1.29, 1.82) is 0 Å². The van der Waals surface area contributed by atoms with Crippen LogP contribution in [0.25, 0.3) is 0 Å². The van der Waals surface area contributed by atoms with Gasteiger partial charge in [0.25, 0.3) is 0 Å². The van der Waals surface area contributed by atoms with Gasteiger partial charge in [0.1, 0.15) is 18.2 Å². The summed E-state index contributed by atoms with van der Waals surface area (Å²) >= 11 is 3.35. The third-order valence-electron chi connectivity index (χ3n) is 2.50. The summed E-state index contributed by atoms with van der Waals surface area (Å²) in [4.78, 5) is 0. The molecular weight excluding hydrogens is 313 g/mol. The summed E-state index contributed by atoms with van der Waals surface area (Å²) in [6, 6.07) is 11.7. The predicted molar refractivity (Wildman–Crippen MR) is 74.3 cm³/mol. The highest BCUT2D eigenvalue weighted by Crippen LogP contribution is 2.26. The number of nitrogens with zero attached hydrogens (tertiary/aromatic N) is 1. The van der Waals surface area contributed by atoms with Crippen LogP contribution in [0.2, 0.25) is 0 Å². The fourth-order valence-corrected chi connectivity index (χ4v) is 2.06. The maximum Gasteiger partial charge on any atom is 0.134 e. The van der Waals surface area contributed by atoms with Gasteiger partial charge in [0.15, 0.2) is 0 Å². The van der Waals surface area contributed by atoms with Crippen molar-refractivity contribution in [2.75, 3.05) is 0 Å². The zero-order chi connectivity index (χ0) is 13.7. The molecule has 0 aliphatic rings. The van der Waals surface area contributed by atoms with Gasteiger partial charge in [0.05, 0.1) is 10.7 Å². The Balaban J connectivity index is 2.10. The number of hydrogen-bond acceptors (Lipinski definition) is 3. The smallest absolute Gasteiger partial charge is 0.134 e. The molecule has 2 rings (SSSR count).